The number of anilines is 2. The summed E-state index contributed by atoms with van der Waals surface area (Å²) < 4.78 is 36.4. The Bertz CT molecular complexity index is 1760. The van der Waals surface area contributed by atoms with Crippen LogP contribution in [-0.4, -0.2) is 49.7 Å². The highest BCUT2D eigenvalue weighted by Crippen LogP contribution is 2.35. The summed E-state index contributed by atoms with van der Waals surface area (Å²) in [6.45, 7) is 3.43. The van der Waals surface area contributed by atoms with Crippen molar-refractivity contribution in [2.45, 2.75) is 31.8 Å². The molecule has 41 heavy (non-hydrogen) atoms. The van der Waals surface area contributed by atoms with Crippen LogP contribution in [0.25, 0.3) is 22.3 Å². The quantitative estimate of drug-likeness (QED) is 0.318. The summed E-state index contributed by atoms with van der Waals surface area (Å²) >= 11 is 0. The van der Waals surface area contributed by atoms with E-state index >= 15 is 4.39 Å². The van der Waals surface area contributed by atoms with Crippen molar-refractivity contribution in [2.24, 2.45) is 5.73 Å². The molecule has 0 spiro atoms. The number of benzene rings is 1. The summed E-state index contributed by atoms with van der Waals surface area (Å²) in [4.78, 5) is 24.4. The van der Waals surface area contributed by atoms with Gasteiger partial charge >= 0.3 is 0 Å². The second-order valence-corrected chi connectivity index (χ2v) is 10.3. The largest absolute Gasteiger partial charge is 0.494 e. The van der Waals surface area contributed by atoms with Crippen molar-refractivity contribution in [1.82, 2.24) is 29.5 Å². The first-order valence-corrected chi connectivity index (χ1v) is 13.2. The molecule has 4 N–H and O–H groups in total. The maximum Gasteiger partial charge on any atom is 0.165 e. The van der Waals surface area contributed by atoms with Gasteiger partial charge in [0.1, 0.15) is 23.5 Å². The Balaban J connectivity index is 1.44. The molecule has 0 aliphatic carbocycles. The zero-order chi connectivity index (χ0) is 28.7. The highest BCUT2D eigenvalue weighted by molar-refractivity contribution is 5.81. The van der Waals surface area contributed by atoms with Gasteiger partial charge in [-0.3, -0.25) is 4.98 Å². The number of nitrogens with zero attached hydrogens (tertiary/aromatic N) is 7. The number of nitrogens with two attached hydrogens (primary N) is 2. The van der Waals surface area contributed by atoms with Gasteiger partial charge in [-0.05, 0) is 44.0 Å². The molecule has 12 heteroatoms. The lowest BCUT2D eigenvalue weighted by Gasteiger charge is -2.41. The number of nitrogen functional groups attached to an aromatic ring is 1. The fourth-order valence-corrected chi connectivity index (χ4v) is 5.45. The maximum absolute atomic E-state index is 15.1. The van der Waals surface area contributed by atoms with Crippen LogP contribution < -0.4 is 21.1 Å². The highest BCUT2D eigenvalue weighted by Gasteiger charge is 2.36. The van der Waals surface area contributed by atoms with Crippen molar-refractivity contribution in [2.75, 3.05) is 30.8 Å². The lowest BCUT2D eigenvalue weighted by Crippen LogP contribution is -2.53. The van der Waals surface area contributed by atoms with Crippen LogP contribution in [0.5, 0.6) is 5.75 Å². The average molecular weight is 558 g/mol. The smallest absolute Gasteiger partial charge is 0.165 e. The van der Waals surface area contributed by atoms with Crippen LogP contribution >= 0.6 is 0 Å². The Morgan fingerprint density at radius 2 is 1.93 bits per heavy atom. The van der Waals surface area contributed by atoms with E-state index in [0.29, 0.717) is 35.6 Å². The molecule has 0 radical (unpaired) electrons. The zero-order valence-corrected chi connectivity index (χ0v) is 22.7. The van der Waals surface area contributed by atoms with Crippen molar-refractivity contribution in [3.8, 4) is 16.9 Å². The van der Waals surface area contributed by atoms with Gasteiger partial charge in [0.15, 0.2) is 23.0 Å². The molecule has 1 saturated heterocycles. The van der Waals surface area contributed by atoms with Crippen LogP contribution in [0.4, 0.5) is 20.4 Å². The monoisotopic (exact) mass is 557 g/mol. The van der Waals surface area contributed by atoms with Crippen LogP contribution in [0.2, 0.25) is 0 Å². The molecule has 0 saturated carbocycles. The molecular formula is C29H29F2N9O. The first-order chi connectivity index (χ1) is 19.8. The zero-order valence-electron chi connectivity index (χ0n) is 22.7. The molecule has 4 aromatic heterocycles. The van der Waals surface area contributed by atoms with Gasteiger partial charge in [0, 0.05) is 47.7 Å². The van der Waals surface area contributed by atoms with E-state index in [1.54, 1.807) is 18.6 Å². The molecule has 1 unspecified atom stereocenters. The van der Waals surface area contributed by atoms with Crippen LogP contribution in [0.1, 0.15) is 29.8 Å². The fourth-order valence-electron chi connectivity index (χ4n) is 5.45. The SMILES string of the molecule is COc1cc(F)c(-c2cnc(N3CCCC(N)(c4cccc(C)n4)C3)c(Cn3cnc4c(N)ncnc43)c2)cc1F. The molecular weight excluding hydrogens is 528 g/mol. The van der Waals surface area contributed by atoms with E-state index < -0.39 is 17.2 Å². The van der Waals surface area contributed by atoms with E-state index in [1.807, 2.05) is 29.7 Å². The van der Waals surface area contributed by atoms with Crippen molar-refractivity contribution < 1.29 is 13.5 Å². The number of aryl methyl sites for hydroxylation is 1. The van der Waals surface area contributed by atoms with Gasteiger partial charge in [-0.25, -0.2) is 28.7 Å². The van der Waals surface area contributed by atoms with Gasteiger partial charge in [0.05, 0.1) is 31.2 Å². The number of piperidine rings is 1. The first-order valence-electron chi connectivity index (χ1n) is 13.2. The number of methoxy groups -OCH3 is 1. The number of pyridine rings is 2. The van der Waals surface area contributed by atoms with E-state index in [9.17, 15) is 4.39 Å². The van der Waals surface area contributed by atoms with Crippen LogP contribution in [0.15, 0.2) is 55.2 Å². The molecule has 5 heterocycles. The Morgan fingerprint density at radius 3 is 2.73 bits per heavy atom. The van der Waals surface area contributed by atoms with Crippen molar-refractivity contribution in [3.05, 3.63) is 83.8 Å². The summed E-state index contributed by atoms with van der Waals surface area (Å²) in [5.41, 5.74) is 16.3. The third-order valence-corrected chi connectivity index (χ3v) is 7.49. The van der Waals surface area contributed by atoms with Crippen molar-refractivity contribution in [3.63, 3.8) is 0 Å². The molecule has 0 bridgehead atoms. The molecule has 0 amide bonds. The standard InChI is InChI=1S/C29H29F2N9O/c1-17-5-3-6-24(38-17)29(33)7-4-8-39(14-29)27-19(13-40-16-37-25-26(32)35-15-36-28(25)40)9-18(12-34-27)20-10-22(31)23(41-2)11-21(20)30/h3,5-6,9-12,15-16H,4,7-8,13-14,33H2,1-2H3,(H2,32,35,36). The molecule has 5 aromatic rings. The molecule has 10 nitrogen and oxygen atoms in total. The minimum atomic E-state index is -0.684. The molecule has 1 aliphatic heterocycles. The molecule has 1 aliphatic rings. The Morgan fingerprint density at radius 1 is 1.07 bits per heavy atom. The summed E-state index contributed by atoms with van der Waals surface area (Å²) in [6.07, 6.45) is 6.15. The third-order valence-electron chi connectivity index (χ3n) is 7.49. The van der Waals surface area contributed by atoms with Crippen LogP contribution in [0.3, 0.4) is 0 Å². The van der Waals surface area contributed by atoms with Crippen molar-refractivity contribution in [1.29, 1.82) is 0 Å². The van der Waals surface area contributed by atoms with Gasteiger partial charge in [-0.15, -0.1) is 0 Å². The van der Waals surface area contributed by atoms with E-state index in [-0.39, 0.29) is 17.1 Å². The molecule has 1 aromatic carbocycles. The van der Waals surface area contributed by atoms with Gasteiger partial charge < -0.3 is 25.7 Å². The molecule has 210 valence electrons. The lowest BCUT2D eigenvalue weighted by atomic mass is 9.86. The number of hydrogen-bond acceptors (Lipinski definition) is 9. The molecule has 1 atom stereocenters. The predicted octanol–water partition coefficient (Wildman–Crippen LogP) is 3.96. The number of aromatic nitrogens is 6. The fraction of sp³-hybridized carbons (Fsp3) is 0.276. The minimum Gasteiger partial charge on any atom is -0.494 e. The Kier molecular flexibility index (Phi) is 6.70. The van der Waals surface area contributed by atoms with E-state index in [0.717, 1.165) is 48.5 Å². The first kappa shape index (κ1) is 26.5. The summed E-state index contributed by atoms with van der Waals surface area (Å²) in [6, 6.07) is 9.81. The summed E-state index contributed by atoms with van der Waals surface area (Å²) in [5.74, 6) is -0.519. The number of hydrogen-bond donors (Lipinski definition) is 2. The van der Waals surface area contributed by atoms with Crippen LogP contribution in [0, 0.1) is 18.6 Å². The van der Waals surface area contributed by atoms with E-state index in [1.165, 1.54) is 13.4 Å². The van der Waals surface area contributed by atoms with Gasteiger partial charge in [-0.1, -0.05) is 6.07 Å². The topological polar surface area (TPSA) is 134 Å². The summed E-state index contributed by atoms with van der Waals surface area (Å²) in [7, 11) is 1.29. The van der Waals surface area contributed by atoms with Gasteiger partial charge in [-0.2, -0.15) is 0 Å². The number of imidazole rings is 1. The van der Waals surface area contributed by atoms with Crippen molar-refractivity contribution >= 4 is 22.8 Å². The second kappa shape index (κ2) is 10.4. The average Bonchev–Trinajstić information content (AvgIpc) is 3.38. The lowest BCUT2D eigenvalue weighted by molar-refractivity contribution is 0.343. The van der Waals surface area contributed by atoms with E-state index in [2.05, 4.69) is 19.9 Å². The number of halogens is 2. The molecule has 1 fully saturated rings. The van der Waals surface area contributed by atoms with E-state index in [4.69, 9.17) is 26.2 Å². The van der Waals surface area contributed by atoms with Gasteiger partial charge in [0.25, 0.3) is 0 Å². The number of fused-ring (bicyclic) bond motifs is 1. The van der Waals surface area contributed by atoms with Gasteiger partial charge in [0.2, 0.25) is 0 Å². The maximum atomic E-state index is 15.1. The minimum absolute atomic E-state index is 0.0708. The third kappa shape index (κ3) is 4.91. The second-order valence-electron chi connectivity index (χ2n) is 10.3. The number of ether oxygens (including phenoxy) is 1. The molecule has 6 rings (SSSR count). The summed E-state index contributed by atoms with van der Waals surface area (Å²) in [5, 5.41) is 0. The van der Waals surface area contributed by atoms with Crippen LogP contribution in [-0.2, 0) is 12.1 Å². The number of rotatable bonds is 6. The Labute approximate surface area is 235 Å². The Hall–Kier alpha value is -4.71. The highest BCUT2D eigenvalue weighted by atomic mass is 19.1. The normalized spacial score (nSPS) is 17.2. The predicted molar refractivity (Wildman–Crippen MR) is 151 cm³/mol.